The van der Waals surface area contributed by atoms with Gasteiger partial charge in [-0.2, -0.15) is 5.26 Å². The number of hydrogen-bond acceptors (Lipinski definition) is 7. The number of amides is 1. The molecule has 37 heavy (non-hydrogen) atoms. The molecule has 0 fully saturated rings. The highest BCUT2D eigenvalue weighted by Crippen LogP contribution is 2.34. The zero-order chi connectivity index (χ0) is 26.5. The topological polar surface area (TPSA) is 126 Å². The van der Waals surface area contributed by atoms with E-state index in [2.05, 4.69) is 11.2 Å². The van der Waals surface area contributed by atoms with E-state index in [9.17, 15) is 14.9 Å². The monoisotopic (exact) mass is 498 g/mol. The van der Waals surface area contributed by atoms with Gasteiger partial charge in [0.05, 0.1) is 23.1 Å². The number of nitrogens with two attached hydrogens (primary N) is 1. The van der Waals surface area contributed by atoms with Gasteiger partial charge in [-0.1, -0.05) is 49.3 Å². The summed E-state index contributed by atoms with van der Waals surface area (Å²) in [4.78, 5) is 29.2. The molecule has 0 radical (unpaired) electrons. The molecule has 4 aromatic rings. The largest absolute Gasteiger partial charge is 0.458 e. The van der Waals surface area contributed by atoms with Crippen LogP contribution in [0.2, 0.25) is 0 Å². The van der Waals surface area contributed by atoms with Crippen LogP contribution in [0, 0.1) is 24.2 Å². The lowest BCUT2D eigenvalue weighted by molar-refractivity contribution is 0.0577. The number of nitrogens with zero attached hydrogens (tertiary/aromatic N) is 3. The second-order valence-electron chi connectivity index (χ2n) is 9.41. The molecular formula is C29H30N4O4. The van der Waals surface area contributed by atoms with Gasteiger partial charge in [0.15, 0.2) is 11.1 Å². The van der Waals surface area contributed by atoms with Gasteiger partial charge in [-0.25, -0.2) is 0 Å². The van der Waals surface area contributed by atoms with E-state index in [0.717, 1.165) is 5.56 Å². The van der Waals surface area contributed by atoms with E-state index in [-0.39, 0.29) is 22.9 Å². The van der Waals surface area contributed by atoms with E-state index in [1.54, 1.807) is 36.1 Å². The summed E-state index contributed by atoms with van der Waals surface area (Å²) in [5.74, 6) is 0.471. The molecule has 0 aliphatic rings. The summed E-state index contributed by atoms with van der Waals surface area (Å²) in [5.41, 5.74) is 7.93. The van der Waals surface area contributed by atoms with Gasteiger partial charge in [-0.05, 0) is 49.6 Å². The summed E-state index contributed by atoms with van der Waals surface area (Å²) in [6, 6.07) is 17.6. The number of hydrogen-bond donors (Lipinski definition) is 1. The Balaban J connectivity index is 1.95. The quantitative estimate of drug-likeness (QED) is 0.353. The van der Waals surface area contributed by atoms with Crippen LogP contribution in [0.15, 0.2) is 68.3 Å². The van der Waals surface area contributed by atoms with Crippen molar-refractivity contribution < 1.29 is 13.7 Å². The lowest BCUT2D eigenvalue weighted by atomic mass is 9.92. The van der Waals surface area contributed by atoms with E-state index < -0.39 is 6.04 Å². The predicted octanol–water partition coefficient (Wildman–Crippen LogP) is 4.74. The molecule has 2 N–H and O–H groups in total. The highest BCUT2D eigenvalue weighted by molar-refractivity contribution is 5.92. The summed E-state index contributed by atoms with van der Waals surface area (Å²) >= 11 is 0. The van der Waals surface area contributed by atoms with Crippen molar-refractivity contribution in [3.05, 3.63) is 98.7 Å². The standard InChI is InChI=1S/C29H30N4O4/c1-18(2)26(33(13-7-12-30)29(35)24-14-19(3)37-32-24)28-23(15-20-8-5-4-6-9-20)27(34)22-11-10-21(17-31)16-25(22)36-28/h4-6,8-11,14,16,18,26H,7,12-13,15,30H2,1-3H3. The summed E-state index contributed by atoms with van der Waals surface area (Å²) in [6.45, 7) is 6.40. The van der Waals surface area contributed by atoms with E-state index >= 15 is 0 Å². The Morgan fingerprint density at radius 2 is 1.92 bits per heavy atom. The average Bonchev–Trinajstić information content (AvgIpc) is 3.34. The van der Waals surface area contributed by atoms with Crippen molar-refractivity contribution in [1.29, 1.82) is 5.26 Å². The van der Waals surface area contributed by atoms with Crippen LogP contribution in [-0.4, -0.2) is 29.1 Å². The Labute approximate surface area is 215 Å². The third-order valence-electron chi connectivity index (χ3n) is 6.32. The zero-order valence-corrected chi connectivity index (χ0v) is 21.2. The summed E-state index contributed by atoms with van der Waals surface area (Å²) < 4.78 is 11.6. The molecule has 0 bridgehead atoms. The molecule has 0 saturated carbocycles. The van der Waals surface area contributed by atoms with Crippen LogP contribution in [0.5, 0.6) is 0 Å². The van der Waals surface area contributed by atoms with Crippen molar-refractivity contribution in [2.75, 3.05) is 13.1 Å². The second kappa shape index (κ2) is 11.2. The van der Waals surface area contributed by atoms with Crippen molar-refractivity contribution >= 4 is 16.9 Å². The van der Waals surface area contributed by atoms with E-state index in [0.29, 0.717) is 59.5 Å². The minimum atomic E-state index is -0.586. The van der Waals surface area contributed by atoms with Gasteiger partial charge in [0, 0.05) is 24.6 Å². The number of carbonyl (C=O) groups excluding carboxylic acids is 1. The van der Waals surface area contributed by atoms with Crippen LogP contribution in [0.1, 0.15) is 65.0 Å². The van der Waals surface area contributed by atoms with Crippen molar-refractivity contribution in [2.45, 2.75) is 39.7 Å². The van der Waals surface area contributed by atoms with Gasteiger partial charge in [-0.15, -0.1) is 0 Å². The van der Waals surface area contributed by atoms with Crippen LogP contribution in [0.4, 0.5) is 0 Å². The fraction of sp³-hybridized carbons (Fsp3) is 0.310. The molecule has 8 heteroatoms. The highest BCUT2D eigenvalue weighted by atomic mass is 16.5. The molecule has 0 saturated heterocycles. The van der Waals surface area contributed by atoms with Crippen molar-refractivity contribution in [2.24, 2.45) is 11.7 Å². The predicted molar refractivity (Wildman–Crippen MR) is 140 cm³/mol. The molecule has 0 aliphatic carbocycles. The van der Waals surface area contributed by atoms with Gasteiger partial charge in [0.1, 0.15) is 17.1 Å². The van der Waals surface area contributed by atoms with Gasteiger partial charge in [-0.3, -0.25) is 9.59 Å². The molecule has 190 valence electrons. The maximum Gasteiger partial charge on any atom is 0.276 e. The van der Waals surface area contributed by atoms with Crippen LogP contribution in [0.3, 0.4) is 0 Å². The lowest BCUT2D eigenvalue weighted by Gasteiger charge is -2.34. The third kappa shape index (κ3) is 5.47. The number of aryl methyl sites for hydroxylation is 1. The highest BCUT2D eigenvalue weighted by Gasteiger charge is 2.34. The fourth-order valence-electron chi connectivity index (χ4n) is 4.57. The SMILES string of the molecule is Cc1cc(C(=O)N(CCCN)C(c2oc3cc(C#N)ccc3c(=O)c2Cc2ccccc2)C(C)C)no1. The molecular weight excluding hydrogens is 468 g/mol. The van der Waals surface area contributed by atoms with E-state index in [1.807, 2.05) is 44.2 Å². The molecule has 2 heterocycles. The average molecular weight is 499 g/mol. The Morgan fingerprint density at radius 3 is 2.54 bits per heavy atom. The molecule has 4 rings (SSSR count). The lowest BCUT2D eigenvalue weighted by Crippen LogP contribution is -2.40. The first-order valence-corrected chi connectivity index (χ1v) is 12.3. The maximum atomic E-state index is 13.9. The molecule has 1 atom stereocenters. The minimum absolute atomic E-state index is 0.121. The van der Waals surface area contributed by atoms with Crippen molar-refractivity contribution in [1.82, 2.24) is 10.1 Å². The fourth-order valence-corrected chi connectivity index (χ4v) is 4.57. The molecule has 2 aromatic carbocycles. The van der Waals surface area contributed by atoms with E-state index in [4.69, 9.17) is 14.7 Å². The van der Waals surface area contributed by atoms with Crippen LogP contribution >= 0.6 is 0 Å². The van der Waals surface area contributed by atoms with Crippen molar-refractivity contribution in [3.63, 3.8) is 0 Å². The summed E-state index contributed by atoms with van der Waals surface area (Å²) in [5, 5.41) is 13.7. The van der Waals surface area contributed by atoms with Gasteiger partial charge < -0.3 is 19.6 Å². The first-order chi connectivity index (χ1) is 17.8. The van der Waals surface area contributed by atoms with Crippen LogP contribution in [0.25, 0.3) is 11.0 Å². The minimum Gasteiger partial charge on any atom is -0.458 e. The van der Waals surface area contributed by atoms with Crippen LogP contribution in [-0.2, 0) is 6.42 Å². The number of fused-ring (bicyclic) bond motifs is 1. The normalized spacial score (nSPS) is 12.0. The molecule has 2 aromatic heterocycles. The smallest absolute Gasteiger partial charge is 0.276 e. The van der Waals surface area contributed by atoms with Gasteiger partial charge in [0.25, 0.3) is 5.91 Å². The maximum absolute atomic E-state index is 13.9. The number of benzene rings is 2. The number of nitriles is 1. The Hall–Kier alpha value is -4.22. The first-order valence-electron chi connectivity index (χ1n) is 12.3. The Morgan fingerprint density at radius 1 is 1.16 bits per heavy atom. The third-order valence-corrected chi connectivity index (χ3v) is 6.32. The molecule has 1 amide bonds. The first kappa shape index (κ1) is 25.9. The molecule has 0 spiro atoms. The van der Waals surface area contributed by atoms with Gasteiger partial charge in [0.2, 0.25) is 0 Å². The molecule has 1 unspecified atom stereocenters. The van der Waals surface area contributed by atoms with Crippen molar-refractivity contribution in [3.8, 4) is 6.07 Å². The Bertz CT molecular complexity index is 1500. The summed E-state index contributed by atoms with van der Waals surface area (Å²) in [6.07, 6.45) is 0.885. The van der Waals surface area contributed by atoms with E-state index in [1.165, 1.54) is 0 Å². The Kier molecular flexibility index (Phi) is 7.85. The summed E-state index contributed by atoms with van der Waals surface area (Å²) in [7, 11) is 0. The molecule has 0 aliphatic heterocycles. The zero-order valence-electron chi connectivity index (χ0n) is 21.2. The number of rotatable bonds is 9. The number of aromatic nitrogens is 1. The molecule has 8 nitrogen and oxygen atoms in total. The van der Waals surface area contributed by atoms with Crippen LogP contribution < -0.4 is 11.2 Å². The van der Waals surface area contributed by atoms with Gasteiger partial charge >= 0.3 is 0 Å². The number of carbonyl (C=O) groups is 1. The second-order valence-corrected chi connectivity index (χ2v) is 9.41.